The van der Waals surface area contributed by atoms with Gasteiger partial charge in [0.1, 0.15) is 11.5 Å². The minimum Gasteiger partial charge on any atom is -0.361 e. The molecule has 0 aromatic carbocycles. The van der Waals surface area contributed by atoms with E-state index in [1.807, 2.05) is 18.2 Å². The topological polar surface area (TPSA) is 45.4 Å². The fraction of sp³-hybridized carbons (Fsp3) is 0.412. The maximum absolute atomic E-state index is 5.43. The predicted octanol–water partition coefficient (Wildman–Crippen LogP) is 3.13. The Hall–Kier alpha value is -2.14. The van der Waals surface area contributed by atoms with Crippen LogP contribution >= 0.6 is 0 Å². The Morgan fingerprint density at radius 3 is 3.09 bits per heavy atom. The summed E-state index contributed by atoms with van der Waals surface area (Å²) in [6.07, 6.45) is 11.1. The maximum Gasteiger partial charge on any atom is 0.137 e. The summed E-state index contributed by atoms with van der Waals surface area (Å²) >= 11 is 0. The summed E-state index contributed by atoms with van der Waals surface area (Å²) < 4.78 is 5.43. The molecule has 2 aromatic heterocycles. The van der Waals surface area contributed by atoms with Crippen LogP contribution in [0.3, 0.4) is 0 Å². The molecular formula is C17H22N4O. The average molecular weight is 298 g/mol. The average Bonchev–Trinajstić information content (AvgIpc) is 3.19. The largest absolute Gasteiger partial charge is 0.361 e. The molecule has 0 saturated heterocycles. The number of pyridine rings is 1. The lowest BCUT2D eigenvalue weighted by molar-refractivity contribution is 0.0505. The first-order chi connectivity index (χ1) is 10.9. The molecule has 1 aliphatic heterocycles. The van der Waals surface area contributed by atoms with Crippen molar-refractivity contribution in [3.05, 3.63) is 48.6 Å². The number of hydrogen-bond donors (Lipinski definition) is 0. The van der Waals surface area contributed by atoms with Crippen LogP contribution in [0.4, 0.5) is 0 Å². The van der Waals surface area contributed by atoms with Gasteiger partial charge in [0.15, 0.2) is 0 Å². The van der Waals surface area contributed by atoms with Gasteiger partial charge in [-0.2, -0.15) is 0 Å². The van der Waals surface area contributed by atoms with Gasteiger partial charge in [-0.3, -0.25) is 4.98 Å². The Labute approximate surface area is 131 Å². The van der Waals surface area contributed by atoms with Crippen LogP contribution < -0.4 is 0 Å². The van der Waals surface area contributed by atoms with Gasteiger partial charge in [-0.1, -0.05) is 18.2 Å². The maximum atomic E-state index is 5.43. The normalized spacial score (nSPS) is 14.9. The molecule has 0 saturated carbocycles. The summed E-state index contributed by atoms with van der Waals surface area (Å²) in [5.41, 5.74) is 1.86. The molecule has 0 unspecified atom stereocenters. The minimum atomic E-state index is 0.860. The van der Waals surface area contributed by atoms with Gasteiger partial charge in [0.05, 0.1) is 0 Å². The third kappa shape index (κ3) is 3.54. The van der Waals surface area contributed by atoms with Crippen molar-refractivity contribution in [2.24, 2.45) is 0 Å². The van der Waals surface area contributed by atoms with Crippen LogP contribution in [0.15, 0.2) is 47.4 Å². The Kier molecular flexibility index (Phi) is 4.85. The van der Waals surface area contributed by atoms with Gasteiger partial charge in [0, 0.05) is 56.3 Å². The molecule has 0 fully saturated rings. The first-order valence-corrected chi connectivity index (χ1v) is 7.91. The van der Waals surface area contributed by atoms with E-state index < -0.39 is 0 Å². The number of nitrogens with zero attached hydrogens (tertiary/aromatic N) is 4. The highest BCUT2D eigenvalue weighted by Gasteiger charge is 2.15. The van der Waals surface area contributed by atoms with Gasteiger partial charge >= 0.3 is 0 Å². The second-order valence-electron chi connectivity index (χ2n) is 5.48. The number of aryl methyl sites for hydroxylation is 1. The number of aromatic nitrogens is 2. The monoisotopic (exact) mass is 298 g/mol. The van der Waals surface area contributed by atoms with Gasteiger partial charge in [0.2, 0.25) is 0 Å². The van der Waals surface area contributed by atoms with Gasteiger partial charge in [-0.25, -0.2) is 5.01 Å². The standard InChI is InChI=1S/C17H22N4O/c1-2-9-20-11-5-12-21(20)10-4-7-16-13-17(19-22-16)15-6-3-8-18-14-15/h3,5-6,8,11,13-14H,2,4,7,9-10,12H2,1H3. The first-order valence-electron chi connectivity index (χ1n) is 7.91. The van der Waals surface area contributed by atoms with Crippen molar-refractivity contribution < 1.29 is 4.52 Å². The molecule has 0 aliphatic carbocycles. The van der Waals surface area contributed by atoms with E-state index in [1.165, 1.54) is 0 Å². The molecule has 2 aromatic rings. The fourth-order valence-electron chi connectivity index (χ4n) is 2.67. The smallest absolute Gasteiger partial charge is 0.137 e. The van der Waals surface area contributed by atoms with Crippen molar-refractivity contribution >= 4 is 0 Å². The highest BCUT2D eigenvalue weighted by molar-refractivity contribution is 5.57. The summed E-state index contributed by atoms with van der Waals surface area (Å²) in [5.74, 6) is 0.938. The molecule has 5 heteroatoms. The second-order valence-corrected chi connectivity index (χ2v) is 5.48. The van der Waals surface area contributed by atoms with E-state index >= 15 is 0 Å². The lowest BCUT2D eigenvalue weighted by Gasteiger charge is -2.28. The number of hydrazine groups is 1. The molecule has 0 bridgehead atoms. The van der Waals surface area contributed by atoms with E-state index in [4.69, 9.17) is 4.52 Å². The summed E-state index contributed by atoms with van der Waals surface area (Å²) in [5, 5.41) is 8.81. The summed E-state index contributed by atoms with van der Waals surface area (Å²) in [6, 6.07) is 5.92. The molecular weight excluding hydrogens is 276 g/mol. The van der Waals surface area contributed by atoms with Gasteiger partial charge in [0.25, 0.3) is 0 Å². The Balaban J connectivity index is 1.49. The lowest BCUT2D eigenvalue weighted by atomic mass is 10.2. The molecule has 3 rings (SSSR count). The molecule has 5 nitrogen and oxygen atoms in total. The third-order valence-corrected chi connectivity index (χ3v) is 3.77. The Morgan fingerprint density at radius 2 is 2.27 bits per heavy atom. The Bertz CT molecular complexity index is 608. The van der Waals surface area contributed by atoms with Crippen molar-refractivity contribution in [1.29, 1.82) is 0 Å². The third-order valence-electron chi connectivity index (χ3n) is 3.77. The zero-order chi connectivity index (χ0) is 15.2. The van der Waals surface area contributed by atoms with Crippen LogP contribution in [0, 0.1) is 0 Å². The van der Waals surface area contributed by atoms with Crippen molar-refractivity contribution in [2.45, 2.75) is 26.2 Å². The molecule has 0 amide bonds. The minimum absolute atomic E-state index is 0.860. The van der Waals surface area contributed by atoms with E-state index in [0.717, 1.165) is 55.9 Å². The van der Waals surface area contributed by atoms with Gasteiger partial charge in [-0.15, -0.1) is 0 Å². The SMILES string of the molecule is CCCN1C=CCN1CCCc1cc(-c2cccnc2)no1. The van der Waals surface area contributed by atoms with E-state index in [2.05, 4.69) is 39.4 Å². The van der Waals surface area contributed by atoms with E-state index in [9.17, 15) is 0 Å². The summed E-state index contributed by atoms with van der Waals surface area (Å²) in [7, 11) is 0. The molecule has 0 spiro atoms. The number of rotatable bonds is 7. The van der Waals surface area contributed by atoms with Crippen LogP contribution in [-0.2, 0) is 6.42 Å². The molecule has 22 heavy (non-hydrogen) atoms. The molecule has 0 atom stereocenters. The van der Waals surface area contributed by atoms with E-state index in [1.54, 1.807) is 12.4 Å². The Morgan fingerprint density at radius 1 is 1.32 bits per heavy atom. The van der Waals surface area contributed by atoms with Crippen LogP contribution in [-0.4, -0.2) is 39.8 Å². The second kappa shape index (κ2) is 7.22. The van der Waals surface area contributed by atoms with Crippen LogP contribution in [0.1, 0.15) is 25.5 Å². The van der Waals surface area contributed by atoms with E-state index in [0.29, 0.717) is 0 Å². The van der Waals surface area contributed by atoms with Crippen molar-refractivity contribution in [3.8, 4) is 11.3 Å². The zero-order valence-electron chi connectivity index (χ0n) is 13.0. The van der Waals surface area contributed by atoms with E-state index in [-0.39, 0.29) is 0 Å². The molecule has 116 valence electrons. The summed E-state index contributed by atoms with van der Waals surface area (Å²) in [4.78, 5) is 4.11. The van der Waals surface area contributed by atoms with Crippen LogP contribution in [0.25, 0.3) is 11.3 Å². The molecule has 3 heterocycles. The van der Waals surface area contributed by atoms with Crippen molar-refractivity contribution in [2.75, 3.05) is 19.6 Å². The highest BCUT2D eigenvalue weighted by atomic mass is 16.5. The predicted molar refractivity (Wildman–Crippen MR) is 85.8 cm³/mol. The first kappa shape index (κ1) is 14.8. The zero-order valence-corrected chi connectivity index (χ0v) is 13.0. The van der Waals surface area contributed by atoms with Gasteiger partial charge in [-0.05, 0) is 25.0 Å². The van der Waals surface area contributed by atoms with Crippen molar-refractivity contribution in [3.63, 3.8) is 0 Å². The lowest BCUT2D eigenvalue weighted by Crippen LogP contribution is -2.36. The molecule has 1 aliphatic rings. The quantitative estimate of drug-likeness (QED) is 0.786. The van der Waals surface area contributed by atoms with Crippen LogP contribution in [0.2, 0.25) is 0 Å². The summed E-state index contributed by atoms with van der Waals surface area (Å²) in [6.45, 7) is 5.34. The highest BCUT2D eigenvalue weighted by Crippen LogP contribution is 2.19. The van der Waals surface area contributed by atoms with Crippen molar-refractivity contribution in [1.82, 2.24) is 20.2 Å². The molecule has 0 N–H and O–H groups in total. The molecule has 0 radical (unpaired) electrons. The fourth-order valence-corrected chi connectivity index (χ4v) is 2.67. The number of hydrogen-bond acceptors (Lipinski definition) is 5. The van der Waals surface area contributed by atoms with Crippen LogP contribution in [0.5, 0.6) is 0 Å². The van der Waals surface area contributed by atoms with Gasteiger partial charge < -0.3 is 9.53 Å².